The molecule has 90 valence electrons. The second-order valence-electron chi connectivity index (χ2n) is 3.57. The van der Waals surface area contributed by atoms with Crippen LogP contribution in [0.3, 0.4) is 0 Å². The minimum absolute atomic E-state index is 0.708. The van der Waals surface area contributed by atoms with Gasteiger partial charge in [0, 0.05) is 21.6 Å². The molecule has 0 aliphatic heterocycles. The minimum Gasteiger partial charge on any atom is -0.383 e. The first-order valence-corrected chi connectivity index (χ1v) is 7.11. The molecule has 0 unspecified atom stereocenters. The van der Waals surface area contributed by atoms with Crippen molar-refractivity contribution in [2.45, 2.75) is 6.61 Å². The van der Waals surface area contributed by atoms with Gasteiger partial charge in [-0.15, -0.1) is 11.3 Å². The highest BCUT2D eigenvalue weighted by atomic mass is 79.9. The summed E-state index contributed by atoms with van der Waals surface area (Å²) >= 11 is 5.14. The second kappa shape index (κ2) is 6.79. The van der Waals surface area contributed by atoms with Crippen LogP contribution in [-0.4, -0.2) is 13.2 Å². The molecule has 0 amide bonds. The average Bonchev–Trinajstić information content (AvgIpc) is 2.84. The van der Waals surface area contributed by atoms with Crippen molar-refractivity contribution in [3.63, 3.8) is 0 Å². The summed E-state index contributed by atoms with van der Waals surface area (Å²) in [6.07, 6.45) is 0. The standard InChI is InChI=1S/C13H14BrNOS/c14-11-3-5-12(6-4-11)15-7-8-16-10-13-2-1-9-17-13/h1-6,9,15H,7-8,10H2. The van der Waals surface area contributed by atoms with Gasteiger partial charge < -0.3 is 10.1 Å². The quantitative estimate of drug-likeness (QED) is 0.810. The number of anilines is 1. The van der Waals surface area contributed by atoms with Crippen LogP contribution in [0.25, 0.3) is 0 Å². The van der Waals surface area contributed by atoms with Gasteiger partial charge in [-0.05, 0) is 35.7 Å². The first kappa shape index (κ1) is 12.6. The molecule has 1 heterocycles. The van der Waals surface area contributed by atoms with Crippen molar-refractivity contribution in [2.75, 3.05) is 18.5 Å². The van der Waals surface area contributed by atoms with Crippen LogP contribution in [0, 0.1) is 0 Å². The van der Waals surface area contributed by atoms with Gasteiger partial charge in [-0.1, -0.05) is 22.0 Å². The highest BCUT2D eigenvalue weighted by Crippen LogP contribution is 2.14. The third kappa shape index (κ3) is 4.50. The van der Waals surface area contributed by atoms with Crippen molar-refractivity contribution in [1.82, 2.24) is 0 Å². The summed E-state index contributed by atoms with van der Waals surface area (Å²) in [7, 11) is 0. The summed E-state index contributed by atoms with van der Waals surface area (Å²) in [5.74, 6) is 0. The Bertz CT molecular complexity index is 427. The van der Waals surface area contributed by atoms with Crippen molar-refractivity contribution in [3.05, 3.63) is 51.1 Å². The molecule has 1 N–H and O–H groups in total. The monoisotopic (exact) mass is 311 g/mol. The fourth-order valence-corrected chi connectivity index (χ4v) is 2.31. The molecular formula is C13H14BrNOS. The Hall–Kier alpha value is -0.840. The van der Waals surface area contributed by atoms with E-state index >= 15 is 0 Å². The molecule has 0 fully saturated rings. The molecule has 2 aromatic rings. The topological polar surface area (TPSA) is 21.3 Å². The molecule has 0 spiro atoms. The van der Waals surface area contributed by atoms with Crippen LogP contribution in [0.2, 0.25) is 0 Å². The number of rotatable bonds is 6. The van der Waals surface area contributed by atoms with Gasteiger partial charge >= 0.3 is 0 Å². The van der Waals surface area contributed by atoms with Gasteiger partial charge in [0.1, 0.15) is 0 Å². The van der Waals surface area contributed by atoms with Gasteiger partial charge in [0.25, 0.3) is 0 Å². The maximum absolute atomic E-state index is 5.56. The molecule has 1 aromatic heterocycles. The third-order valence-corrected chi connectivity index (χ3v) is 3.62. The highest BCUT2D eigenvalue weighted by Gasteiger charge is 1.94. The van der Waals surface area contributed by atoms with Gasteiger partial charge in [-0.25, -0.2) is 0 Å². The van der Waals surface area contributed by atoms with Crippen LogP contribution < -0.4 is 5.32 Å². The number of benzene rings is 1. The van der Waals surface area contributed by atoms with E-state index in [1.165, 1.54) is 4.88 Å². The lowest BCUT2D eigenvalue weighted by atomic mass is 10.3. The van der Waals surface area contributed by atoms with Gasteiger partial charge in [0.05, 0.1) is 13.2 Å². The first-order valence-electron chi connectivity index (χ1n) is 5.44. The SMILES string of the molecule is Brc1ccc(NCCOCc2cccs2)cc1. The van der Waals surface area contributed by atoms with Crippen molar-refractivity contribution < 1.29 is 4.74 Å². The molecule has 0 saturated carbocycles. The zero-order valence-corrected chi connectivity index (χ0v) is 11.8. The largest absolute Gasteiger partial charge is 0.383 e. The van der Waals surface area contributed by atoms with E-state index in [4.69, 9.17) is 4.74 Å². The Balaban J connectivity index is 1.61. The lowest BCUT2D eigenvalue weighted by Gasteiger charge is -2.06. The Morgan fingerprint density at radius 1 is 1.18 bits per heavy atom. The summed E-state index contributed by atoms with van der Waals surface area (Å²) in [6, 6.07) is 12.3. The lowest BCUT2D eigenvalue weighted by molar-refractivity contribution is 0.132. The molecule has 0 aliphatic rings. The maximum Gasteiger partial charge on any atom is 0.0810 e. The fraction of sp³-hybridized carbons (Fsp3) is 0.231. The van der Waals surface area contributed by atoms with Gasteiger partial charge in [0.2, 0.25) is 0 Å². The summed E-state index contributed by atoms with van der Waals surface area (Å²) in [6.45, 7) is 2.25. The molecule has 17 heavy (non-hydrogen) atoms. The van der Waals surface area contributed by atoms with Crippen LogP contribution in [0.5, 0.6) is 0 Å². The number of hydrogen-bond acceptors (Lipinski definition) is 3. The second-order valence-corrected chi connectivity index (χ2v) is 5.51. The number of nitrogens with one attached hydrogen (secondary N) is 1. The van der Waals surface area contributed by atoms with Gasteiger partial charge in [-0.2, -0.15) is 0 Å². The van der Waals surface area contributed by atoms with Crippen LogP contribution in [-0.2, 0) is 11.3 Å². The molecule has 2 rings (SSSR count). The Labute approximate surface area is 114 Å². The van der Waals surface area contributed by atoms with Crippen LogP contribution >= 0.6 is 27.3 Å². The number of halogens is 1. The third-order valence-electron chi connectivity index (χ3n) is 2.24. The van der Waals surface area contributed by atoms with Crippen molar-refractivity contribution in [3.8, 4) is 0 Å². The molecule has 2 nitrogen and oxygen atoms in total. The molecular weight excluding hydrogens is 298 g/mol. The van der Waals surface area contributed by atoms with E-state index in [9.17, 15) is 0 Å². The number of hydrogen-bond donors (Lipinski definition) is 1. The zero-order valence-electron chi connectivity index (χ0n) is 9.36. The summed E-state index contributed by atoms with van der Waals surface area (Å²) in [5.41, 5.74) is 1.12. The van der Waals surface area contributed by atoms with Crippen LogP contribution in [0.4, 0.5) is 5.69 Å². The van der Waals surface area contributed by atoms with E-state index < -0.39 is 0 Å². The lowest BCUT2D eigenvalue weighted by Crippen LogP contribution is -2.08. The summed E-state index contributed by atoms with van der Waals surface area (Å²) in [4.78, 5) is 1.27. The Morgan fingerprint density at radius 3 is 2.71 bits per heavy atom. The van der Waals surface area contributed by atoms with Crippen molar-refractivity contribution in [1.29, 1.82) is 0 Å². The van der Waals surface area contributed by atoms with E-state index in [1.54, 1.807) is 11.3 Å². The normalized spacial score (nSPS) is 10.4. The van der Waals surface area contributed by atoms with Gasteiger partial charge in [-0.3, -0.25) is 0 Å². The van der Waals surface area contributed by atoms with Gasteiger partial charge in [0.15, 0.2) is 0 Å². The fourth-order valence-electron chi connectivity index (χ4n) is 1.40. The Morgan fingerprint density at radius 2 is 2.00 bits per heavy atom. The maximum atomic E-state index is 5.56. The minimum atomic E-state index is 0.708. The first-order chi connectivity index (χ1) is 8.34. The van der Waals surface area contributed by atoms with Crippen LogP contribution in [0.1, 0.15) is 4.88 Å². The summed E-state index contributed by atoms with van der Waals surface area (Å²) < 4.78 is 6.66. The molecule has 0 atom stereocenters. The predicted molar refractivity (Wildman–Crippen MR) is 76.6 cm³/mol. The Kier molecular flexibility index (Phi) is 5.04. The number of ether oxygens (including phenoxy) is 1. The van der Waals surface area contributed by atoms with Crippen LogP contribution in [0.15, 0.2) is 46.3 Å². The summed E-state index contributed by atoms with van der Waals surface area (Å²) in [5, 5.41) is 5.38. The molecule has 0 bridgehead atoms. The smallest absolute Gasteiger partial charge is 0.0810 e. The van der Waals surface area contributed by atoms with E-state index in [0.29, 0.717) is 13.2 Å². The van der Waals surface area contributed by atoms with Crippen molar-refractivity contribution >= 4 is 33.0 Å². The zero-order chi connectivity index (χ0) is 11.9. The molecule has 0 aliphatic carbocycles. The average molecular weight is 312 g/mol. The molecule has 1 aromatic carbocycles. The molecule has 4 heteroatoms. The predicted octanol–water partition coefficient (Wildman–Crippen LogP) is 4.14. The van der Waals surface area contributed by atoms with E-state index in [1.807, 2.05) is 30.3 Å². The van der Waals surface area contributed by atoms with E-state index in [-0.39, 0.29) is 0 Å². The highest BCUT2D eigenvalue weighted by molar-refractivity contribution is 9.10. The van der Waals surface area contributed by atoms with E-state index in [2.05, 4.69) is 32.7 Å². The van der Waals surface area contributed by atoms with Crippen molar-refractivity contribution in [2.24, 2.45) is 0 Å². The number of thiophene rings is 1. The molecule has 0 radical (unpaired) electrons. The molecule has 0 saturated heterocycles. The van der Waals surface area contributed by atoms with E-state index in [0.717, 1.165) is 16.7 Å².